The Bertz CT molecular complexity index is 733. The van der Waals surface area contributed by atoms with Crippen molar-refractivity contribution in [2.45, 2.75) is 19.1 Å². The van der Waals surface area contributed by atoms with Gasteiger partial charge in [-0.15, -0.1) is 0 Å². The van der Waals surface area contributed by atoms with Crippen molar-refractivity contribution in [3.05, 3.63) is 48.0 Å². The molecule has 1 amide bonds. The minimum atomic E-state index is -0.889. The van der Waals surface area contributed by atoms with Crippen molar-refractivity contribution >= 4 is 12.1 Å². The largest absolute Gasteiger partial charge is 0.455 e. The third-order valence-corrected chi connectivity index (χ3v) is 3.52. The number of nitrogens with one attached hydrogen (secondary N) is 1. The SMILES string of the molecule is CC1(CC(=O)N/N=C\c2ccc(-c3ccc(F)cc3)o2)OCCO1. The summed E-state index contributed by atoms with van der Waals surface area (Å²) < 4.78 is 29.2. The molecule has 1 saturated heterocycles. The molecule has 0 saturated carbocycles. The van der Waals surface area contributed by atoms with Crippen LogP contribution in [-0.4, -0.2) is 31.1 Å². The summed E-state index contributed by atoms with van der Waals surface area (Å²) in [6.07, 6.45) is 1.45. The number of amides is 1. The number of rotatable bonds is 5. The lowest BCUT2D eigenvalue weighted by Gasteiger charge is -2.20. The molecule has 0 atom stereocenters. The number of hydrazone groups is 1. The van der Waals surface area contributed by atoms with Gasteiger partial charge in [0, 0.05) is 5.56 Å². The fraction of sp³-hybridized carbons (Fsp3) is 0.294. The number of carbonyl (C=O) groups is 1. The number of halogens is 1. The molecule has 1 N–H and O–H groups in total. The van der Waals surface area contributed by atoms with Crippen LogP contribution in [0.3, 0.4) is 0 Å². The van der Waals surface area contributed by atoms with Gasteiger partial charge in [-0.1, -0.05) is 0 Å². The highest BCUT2D eigenvalue weighted by Crippen LogP contribution is 2.23. The molecule has 0 bridgehead atoms. The van der Waals surface area contributed by atoms with Crippen molar-refractivity contribution in [3.63, 3.8) is 0 Å². The third-order valence-electron chi connectivity index (χ3n) is 3.52. The zero-order chi connectivity index (χ0) is 17.0. The van der Waals surface area contributed by atoms with E-state index in [2.05, 4.69) is 10.5 Å². The lowest BCUT2D eigenvalue weighted by atomic mass is 10.2. The van der Waals surface area contributed by atoms with Crippen molar-refractivity contribution in [2.24, 2.45) is 5.10 Å². The Labute approximate surface area is 138 Å². The Morgan fingerprint density at radius 1 is 1.25 bits per heavy atom. The molecular formula is C17H17FN2O4. The van der Waals surface area contributed by atoms with E-state index in [0.717, 1.165) is 5.56 Å². The molecule has 1 aromatic heterocycles. The maximum Gasteiger partial charge on any atom is 0.245 e. The molecule has 1 aliphatic heterocycles. The minimum Gasteiger partial charge on any atom is -0.455 e. The van der Waals surface area contributed by atoms with Crippen LogP contribution in [0.1, 0.15) is 19.1 Å². The molecule has 2 heterocycles. The molecule has 24 heavy (non-hydrogen) atoms. The average molecular weight is 332 g/mol. The first-order chi connectivity index (χ1) is 11.5. The zero-order valence-electron chi connectivity index (χ0n) is 13.1. The van der Waals surface area contributed by atoms with E-state index in [0.29, 0.717) is 24.7 Å². The van der Waals surface area contributed by atoms with Crippen LogP contribution in [0.25, 0.3) is 11.3 Å². The van der Waals surface area contributed by atoms with Crippen LogP contribution < -0.4 is 5.43 Å². The molecule has 1 fully saturated rings. The molecular weight excluding hydrogens is 315 g/mol. The number of ether oxygens (including phenoxy) is 2. The number of hydrogen-bond acceptors (Lipinski definition) is 5. The Kier molecular flexibility index (Phi) is 4.73. The Morgan fingerprint density at radius 3 is 2.67 bits per heavy atom. The summed E-state index contributed by atoms with van der Waals surface area (Å²) in [6.45, 7) is 2.67. The molecule has 1 aliphatic rings. The van der Waals surface area contributed by atoms with E-state index in [1.54, 1.807) is 31.2 Å². The number of furan rings is 1. The monoisotopic (exact) mass is 332 g/mol. The van der Waals surface area contributed by atoms with E-state index in [1.165, 1.54) is 18.3 Å². The predicted molar refractivity (Wildman–Crippen MR) is 84.8 cm³/mol. The van der Waals surface area contributed by atoms with Gasteiger partial charge in [-0.25, -0.2) is 9.82 Å². The standard InChI is InChI=1S/C17H17FN2O4/c1-17(22-8-9-23-17)10-16(21)20-19-11-14-6-7-15(24-14)12-2-4-13(18)5-3-12/h2-7,11H,8-10H2,1H3,(H,20,21)/b19-11-. The first-order valence-electron chi connectivity index (χ1n) is 7.50. The summed E-state index contributed by atoms with van der Waals surface area (Å²) in [5.41, 5.74) is 3.15. The number of nitrogens with zero attached hydrogens (tertiary/aromatic N) is 1. The molecule has 7 heteroatoms. The van der Waals surface area contributed by atoms with E-state index in [9.17, 15) is 9.18 Å². The molecule has 126 valence electrons. The molecule has 3 rings (SSSR count). The van der Waals surface area contributed by atoms with Crippen LogP contribution >= 0.6 is 0 Å². The van der Waals surface area contributed by atoms with Crippen molar-refractivity contribution in [3.8, 4) is 11.3 Å². The van der Waals surface area contributed by atoms with Crippen LogP contribution in [0.4, 0.5) is 4.39 Å². The van der Waals surface area contributed by atoms with Crippen LogP contribution in [-0.2, 0) is 14.3 Å². The summed E-state index contributed by atoms with van der Waals surface area (Å²) in [7, 11) is 0. The van der Waals surface area contributed by atoms with Gasteiger partial charge in [0.1, 0.15) is 17.3 Å². The Balaban J connectivity index is 1.55. The molecule has 0 unspecified atom stereocenters. The van der Waals surface area contributed by atoms with Crippen LogP contribution in [0.5, 0.6) is 0 Å². The highest BCUT2D eigenvalue weighted by molar-refractivity contribution is 5.81. The summed E-state index contributed by atoms with van der Waals surface area (Å²) in [5.74, 6) is -0.461. The topological polar surface area (TPSA) is 73.1 Å². The maximum atomic E-state index is 12.9. The molecule has 0 aliphatic carbocycles. The highest BCUT2D eigenvalue weighted by Gasteiger charge is 2.33. The van der Waals surface area contributed by atoms with Gasteiger partial charge in [-0.05, 0) is 43.3 Å². The van der Waals surface area contributed by atoms with Gasteiger partial charge in [-0.3, -0.25) is 4.79 Å². The van der Waals surface area contributed by atoms with Crippen LogP contribution in [0.15, 0.2) is 45.9 Å². The number of carbonyl (C=O) groups excluding carboxylic acids is 1. The van der Waals surface area contributed by atoms with Crippen molar-refractivity contribution in [2.75, 3.05) is 13.2 Å². The summed E-state index contributed by atoms with van der Waals surface area (Å²) in [5, 5.41) is 3.85. The predicted octanol–water partition coefficient (Wildman–Crippen LogP) is 2.69. The average Bonchev–Trinajstić information content (AvgIpc) is 3.17. The molecule has 1 aromatic carbocycles. The van der Waals surface area contributed by atoms with E-state index in [1.807, 2.05) is 0 Å². The third kappa shape index (κ3) is 4.06. The zero-order valence-corrected chi connectivity index (χ0v) is 13.1. The second-order valence-electron chi connectivity index (χ2n) is 5.51. The van der Waals surface area contributed by atoms with E-state index >= 15 is 0 Å². The van der Waals surface area contributed by atoms with Gasteiger partial charge >= 0.3 is 0 Å². The van der Waals surface area contributed by atoms with Gasteiger partial charge in [0.2, 0.25) is 5.91 Å². The summed E-state index contributed by atoms with van der Waals surface area (Å²) in [6, 6.07) is 9.42. The van der Waals surface area contributed by atoms with E-state index < -0.39 is 5.79 Å². The fourth-order valence-electron chi connectivity index (χ4n) is 2.35. The van der Waals surface area contributed by atoms with Crippen molar-refractivity contribution in [1.82, 2.24) is 5.43 Å². The maximum absolute atomic E-state index is 12.9. The molecule has 0 spiro atoms. The Morgan fingerprint density at radius 2 is 1.96 bits per heavy atom. The van der Waals surface area contributed by atoms with Crippen molar-refractivity contribution in [1.29, 1.82) is 0 Å². The number of benzene rings is 1. The van der Waals surface area contributed by atoms with Gasteiger partial charge in [-0.2, -0.15) is 5.10 Å². The van der Waals surface area contributed by atoms with Gasteiger partial charge < -0.3 is 13.9 Å². The Hall–Kier alpha value is -2.51. The second-order valence-corrected chi connectivity index (χ2v) is 5.51. The van der Waals surface area contributed by atoms with Gasteiger partial charge in [0.15, 0.2) is 5.79 Å². The van der Waals surface area contributed by atoms with Gasteiger partial charge in [0.05, 0.1) is 25.8 Å². The summed E-state index contributed by atoms with van der Waals surface area (Å²) >= 11 is 0. The lowest BCUT2D eigenvalue weighted by molar-refractivity contribution is -0.159. The first kappa shape index (κ1) is 16.4. The van der Waals surface area contributed by atoms with Gasteiger partial charge in [0.25, 0.3) is 0 Å². The normalized spacial score (nSPS) is 16.6. The minimum absolute atomic E-state index is 0.0589. The number of hydrogen-bond donors (Lipinski definition) is 1. The lowest BCUT2D eigenvalue weighted by Crippen LogP contribution is -2.33. The van der Waals surface area contributed by atoms with E-state index in [4.69, 9.17) is 13.9 Å². The fourth-order valence-corrected chi connectivity index (χ4v) is 2.35. The van der Waals surface area contributed by atoms with Crippen LogP contribution in [0.2, 0.25) is 0 Å². The quantitative estimate of drug-likeness (QED) is 0.675. The van der Waals surface area contributed by atoms with Crippen molar-refractivity contribution < 1.29 is 23.1 Å². The molecule has 6 nitrogen and oxygen atoms in total. The van der Waals surface area contributed by atoms with E-state index in [-0.39, 0.29) is 18.1 Å². The summed E-state index contributed by atoms with van der Waals surface area (Å²) in [4.78, 5) is 11.8. The molecule has 0 radical (unpaired) electrons. The highest BCUT2D eigenvalue weighted by atomic mass is 19.1. The smallest absolute Gasteiger partial charge is 0.245 e. The second kappa shape index (κ2) is 6.94. The van der Waals surface area contributed by atoms with Crippen LogP contribution in [0, 0.1) is 5.82 Å². The first-order valence-corrected chi connectivity index (χ1v) is 7.50. The molecule has 2 aromatic rings.